The summed E-state index contributed by atoms with van der Waals surface area (Å²) in [4.78, 5) is 0. The highest BCUT2D eigenvalue weighted by Crippen LogP contribution is 2.38. The first-order valence-electron chi connectivity index (χ1n) is 6.17. The topological polar surface area (TPSA) is 12.0 Å². The second-order valence-electron chi connectivity index (χ2n) is 6.18. The Morgan fingerprint density at radius 3 is 2.14 bits per heavy atom. The van der Waals surface area contributed by atoms with Gasteiger partial charge in [0.15, 0.2) is 0 Å². The zero-order valence-electron chi connectivity index (χ0n) is 10.6. The van der Waals surface area contributed by atoms with Crippen LogP contribution in [0.1, 0.15) is 60.3 Å². The third kappa shape index (κ3) is 3.27. The molecule has 1 heteroatoms. The Balaban J connectivity index is 2.59. The van der Waals surface area contributed by atoms with Crippen molar-refractivity contribution in [1.82, 2.24) is 5.32 Å². The van der Waals surface area contributed by atoms with Crippen LogP contribution in [0.25, 0.3) is 0 Å². The lowest BCUT2D eigenvalue weighted by Gasteiger charge is -2.41. The van der Waals surface area contributed by atoms with E-state index in [9.17, 15) is 0 Å². The van der Waals surface area contributed by atoms with Gasteiger partial charge < -0.3 is 5.32 Å². The molecule has 0 heterocycles. The van der Waals surface area contributed by atoms with Gasteiger partial charge in [0.05, 0.1) is 0 Å². The van der Waals surface area contributed by atoms with E-state index < -0.39 is 0 Å². The van der Waals surface area contributed by atoms with E-state index in [1.807, 2.05) is 0 Å². The lowest BCUT2D eigenvalue weighted by atomic mass is 9.69. The normalized spacial score (nSPS) is 29.6. The zero-order chi connectivity index (χ0) is 10.8. The fourth-order valence-electron chi connectivity index (χ4n) is 2.80. The fourth-order valence-corrected chi connectivity index (χ4v) is 2.80. The third-order valence-electron chi connectivity index (χ3n) is 3.43. The summed E-state index contributed by atoms with van der Waals surface area (Å²) < 4.78 is 0. The van der Waals surface area contributed by atoms with Gasteiger partial charge in [-0.05, 0) is 24.2 Å². The van der Waals surface area contributed by atoms with E-state index in [0.29, 0.717) is 11.5 Å². The van der Waals surface area contributed by atoms with E-state index in [0.717, 1.165) is 12.0 Å². The number of hydrogen-bond acceptors (Lipinski definition) is 1. The van der Waals surface area contributed by atoms with E-state index >= 15 is 0 Å². The van der Waals surface area contributed by atoms with Crippen LogP contribution in [0, 0.1) is 11.3 Å². The van der Waals surface area contributed by atoms with E-state index in [-0.39, 0.29) is 0 Å². The summed E-state index contributed by atoms with van der Waals surface area (Å²) in [5, 5.41) is 3.74. The summed E-state index contributed by atoms with van der Waals surface area (Å²) in [7, 11) is 0. The van der Waals surface area contributed by atoms with E-state index in [1.165, 1.54) is 25.7 Å². The van der Waals surface area contributed by atoms with Gasteiger partial charge in [-0.2, -0.15) is 0 Å². The van der Waals surface area contributed by atoms with Gasteiger partial charge in [-0.3, -0.25) is 0 Å². The highest BCUT2D eigenvalue weighted by atomic mass is 14.9. The number of rotatable bonds is 2. The van der Waals surface area contributed by atoms with Gasteiger partial charge in [-0.25, -0.2) is 0 Å². The lowest BCUT2D eigenvalue weighted by molar-refractivity contribution is 0.126. The highest BCUT2D eigenvalue weighted by molar-refractivity contribution is 4.88. The van der Waals surface area contributed by atoms with Crippen LogP contribution >= 0.6 is 0 Å². The van der Waals surface area contributed by atoms with Crippen LogP contribution in [0.4, 0.5) is 0 Å². The Morgan fingerprint density at radius 1 is 1.07 bits per heavy atom. The van der Waals surface area contributed by atoms with Crippen LogP contribution in [-0.2, 0) is 0 Å². The molecule has 1 nitrogen and oxygen atoms in total. The predicted octanol–water partition coefficient (Wildman–Crippen LogP) is 3.59. The monoisotopic (exact) mass is 197 g/mol. The number of hydrogen-bond donors (Lipinski definition) is 1. The van der Waals surface area contributed by atoms with Crippen molar-refractivity contribution in [1.29, 1.82) is 0 Å². The molecule has 0 radical (unpaired) electrons. The van der Waals surface area contributed by atoms with Crippen molar-refractivity contribution in [2.24, 2.45) is 11.3 Å². The molecule has 84 valence electrons. The van der Waals surface area contributed by atoms with Crippen molar-refractivity contribution < 1.29 is 0 Å². The fraction of sp³-hybridized carbons (Fsp3) is 1.00. The summed E-state index contributed by atoms with van der Waals surface area (Å²) in [6.45, 7) is 11.7. The van der Waals surface area contributed by atoms with Gasteiger partial charge in [0.25, 0.3) is 0 Å². The molecule has 1 aliphatic rings. The molecule has 1 rings (SSSR count). The van der Waals surface area contributed by atoms with Crippen LogP contribution in [0.5, 0.6) is 0 Å². The van der Waals surface area contributed by atoms with Crippen molar-refractivity contribution in [2.45, 2.75) is 72.4 Å². The van der Waals surface area contributed by atoms with Gasteiger partial charge in [0.2, 0.25) is 0 Å². The molecular weight excluding hydrogens is 170 g/mol. The summed E-state index contributed by atoms with van der Waals surface area (Å²) in [6, 6.07) is 1.38. The van der Waals surface area contributed by atoms with Crippen LogP contribution in [0.2, 0.25) is 0 Å². The van der Waals surface area contributed by atoms with Gasteiger partial charge in [0, 0.05) is 12.1 Å². The molecule has 0 aliphatic heterocycles. The average molecular weight is 197 g/mol. The maximum Gasteiger partial charge on any atom is 0.0103 e. The van der Waals surface area contributed by atoms with Gasteiger partial charge >= 0.3 is 0 Å². The Bertz CT molecular complexity index is 167. The van der Waals surface area contributed by atoms with Crippen molar-refractivity contribution in [3.8, 4) is 0 Å². The van der Waals surface area contributed by atoms with E-state index in [2.05, 4.69) is 39.9 Å². The standard InChI is InChI=1S/C13H27N/c1-10(2)14-12-9-7-6-8-11(12)13(3,4)5/h10-12,14H,6-9H2,1-5H3/t11-,12+/m1/s1. The highest BCUT2D eigenvalue weighted by Gasteiger charge is 2.33. The molecule has 0 unspecified atom stereocenters. The second-order valence-corrected chi connectivity index (χ2v) is 6.18. The van der Waals surface area contributed by atoms with Crippen molar-refractivity contribution in [3.05, 3.63) is 0 Å². The average Bonchev–Trinajstić information content (AvgIpc) is 2.01. The first-order valence-corrected chi connectivity index (χ1v) is 6.17. The molecule has 1 N–H and O–H groups in total. The Hall–Kier alpha value is -0.0400. The molecule has 14 heavy (non-hydrogen) atoms. The van der Waals surface area contributed by atoms with E-state index in [4.69, 9.17) is 0 Å². The lowest BCUT2D eigenvalue weighted by Crippen LogP contribution is -2.46. The molecule has 2 atom stereocenters. The minimum absolute atomic E-state index is 0.465. The quantitative estimate of drug-likeness (QED) is 0.713. The van der Waals surface area contributed by atoms with Gasteiger partial charge in [-0.15, -0.1) is 0 Å². The summed E-state index contributed by atoms with van der Waals surface area (Å²) >= 11 is 0. The summed E-state index contributed by atoms with van der Waals surface area (Å²) in [6.07, 6.45) is 5.63. The molecule has 1 fully saturated rings. The van der Waals surface area contributed by atoms with Crippen LogP contribution < -0.4 is 5.32 Å². The zero-order valence-corrected chi connectivity index (χ0v) is 10.6. The molecule has 0 aromatic heterocycles. The predicted molar refractivity (Wildman–Crippen MR) is 63.5 cm³/mol. The third-order valence-corrected chi connectivity index (χ3v) is 3.43. The number of nitrogens with one attached hydrogen (secondary N) is 1. The summed E-state index contributed by atoms with van der Waals surface area (Å²) in [5.41, 5.74) is 0.465. The first-order chi connectivity index (χ1) is 6.41. The SMILES string of the molecule is CC(C)N[C@H]1CCCC[C@H]1C(C)(C)C. The van der Waals surface area contributed by atoms with Crippen LogP contribution in [-0.4, -0.2) is 12.1 Å². The second kappa shape index (κ2) is 4.65. The van der Waals surface area contributed by atoms with Crippen molar-refractivity contribution >= 4 is 0 Å². The molecule has 1 saturated carbocycles. The molecular formula is C13H27N. The molecule has 0 bridgehead atoms. The molecule has 1 aliphatic carbocycles. The minimum Gasteiger partial charge on any atom is -0.311 e. The Kier molecular flexibility index (Phi) is 4.00. The van der Waals surface area contributed by atoms with Gasteiger partial charge in [0.1, 0.15) is 0 Å². The smallest absolute Gasteiger partial charge is 0.0103 e. The molecule has 0 aromatic carbocycles. The van der Waals surface area contributed by atoms with Gasteiger partial charge in [-0.1, -0.05) is 47.5 Å². The maximum atomic E-state index is 3.74. The molecule has 0 saturated heterocycles. The Labute approximate surface area is 89.7 Å². The van der Waals surface area contributed by atoms with E-state index in [1.54, 1.807) is 0 Å². The van der Waals surface area contributed by atoms with Crippen LogP contribution in [0.15, 0.2) is 0 Å². The minimum atomic E-state index is 0.465. The Morgan fingerprint density at radius 2 is 1.64 bits per heavy atom. The molecule has 0 aromatic rings. The molecule has 0 amide bonds. The maximum absolute atomic E-state index is 3.74. The largest absolute Gasteiger partial charge is 0.311 e. The van der Waals surface area contributed by atoms with Crippen LogP contribution in [0.3, 0.4) is 0 Å². The first kappa shape index (κ1) is 12.0. The van der Waals surface area contributed by atoms with Crippen molar-refractivity contribution in [3.63, 3.8) is 0 Å². The summed E-state index contributed by atoms with van der Waals surface area (Å²) in [5.74, 6) is 0.860. The molecule has 0 spiro atoms. The van der Waals surface area contributed by atoms with Crippen molar-refractivity contribution in [2.75, 3.05) is 0 Å².